The van der Waals surface area contributed by atoms with Gasteiger partial charge in [0, 0.05) is 23.1 Å². The number of thiophene rings is 1. The van der Waals surface area contributed by atoms with Crippen molar-refractivity contribution in [1.29, 1.82) is 0 Å². The molecule has 1 nitrogen and oxygen atoms in total. The summed E-state index contributed by atoms with van der Waals surface area (Å²) in [6.45, 7) is 0. The highest BCUT2D eigenvalue weighted by atomic mass is 79.9. The van der Waals surface area contributed by atoms with E-state index in [1.807, 2.05) is 0 Å². The Hall–Kier alpha value is -0.280. The SMILES string of the molecule is Cn1cc(Br)c2ccsc21. The summed E-state index contributed by atoms with van der Waals surface area (Å²) in [5.41, 5.74) is 0. The van der Waals surface area contributed by atoms with Crippen LogP contribution in [0.2, 0.25) is 0 Å². The van der Waals surface area contributed by atoms with Crippen LogP contribution in [-0.4, -0.2) is 4.57 Å². The van der Waals surface area contributed by atoms with Crippen molar-refractivity contribution < 1.29 is 0 Å². The third-order valence-electron chi connectivity index (χ3n) is 1.53. The molecule has 0 bridgehead atoms. The zero-order valence-electron chi connectivity index (χ0n) is 5.47. The Morgan fingerprint density at radius 1 is 1.60 bits per heavy atom. The van der Waals surface area contributed by atoms with Crippen LogP contribution in [0.1, 0.15) is 0 Å². The summed E-state index contributed by atoms with van der Waals surface area (Å²) in [6.07, 6.45) is 2.08. The molecule has 0 atom stereocenters. The minimum atomic E-state index is 1.19. The molecular formula is C7H6BrNS. The van der Waals surface area contributed by atoms with E-state index in [9.17, 15) is 0 Å². The molecule has 0 spiro atoms. The van der Waals surface area contributed by atoms with Crippen molar-refractivity contribution in [2.75, 3.05) is 0 Å². The van der Waals surface area contributed by atoms with Gasteiger partial charge in [0.05, 0.1) is 0 Å². The van der Waals surface area contributed by atoms with Crippen LogP contribution in [0.3, 0.4) is 0 Å². The lowest BCUT2D eigenvalue weighted by Crippen LogP contribution is -1.78. The fraction of sp³-hybridized carbons (Fsp3) is 0.143. The van der Waals surface area contributed by atoms with Crippen molar-refractivity contribution in [3.8, 4) is 0 Å². The van der Waals surface area contributed by atoms with E-state index in [0.717, 1.165) is 0 Å². The predicted octanol–water partition coefficient (Wildman–Crippen LogP) is 3.00. The monoisotopic (exact) mass is 215 g/mol. The Kier molecular flexibility index (Phi) is 1.35. The maximum atomic E-state index is 3.48. The predicted molar refractivity (Wildman–Crippen MR) is 48.5 cm³/mol. The highest BCUT2D eigenvalue weighted by Crippen LogP contribution is 2.29. The van der Waals surface area contributed by atoms with E-state index in [4.69, 9.17) is 0 Å². The van der Waals surface area contributed by atoms with Crippen LogP contribution in [0.25, 0.3) is 10.2 Å². The smallest absolute Gasteiger partial charge is 0.103 e. The molecule has 0 aliphatic rings. The number of hydrogen-bond donors (Lipinski definition) is 0. The zero-order valence-corrected chi connectivity index (χ0v) is 7.87. The van der Waals surface area contributed by atoms with Crippen LogP contribution >= 0.6 is 27.3 Å². The molecule has 2 heterocycles. The lowest BCUT2D eigenvalue weighted by atomic mass is 10.4. The molecule has 3 heteroatoms. The van der Waals surface area contributed by atoms with Gasteiger partial charge < -0.3 is 4.57 Å². The van der Waals surface area contributed by atoms with Gasteiger partial charge in [-0.15, -0.1) is 11.3 Å². The molecule has 0 saturated carbocycles. The van der Waals surface area contributed by atoms with Gasteiger partial charge in [0.15, 0.2) is 0 Å². The molecule has 2 aromatic heterocycles. The standard InChI is InChI=1S/C7H6BrNS/c1-9-4-6(8)5-2-3-10-7(5)9/h2-4H,1H3. The maximum Gasteiger partial charge on any atom is 0.103 e. The first-order valence-electron chi connectivity index (χ1n) is 2.97. The van der Waals surface area contributed by atoms with E-state index in [1.165, 1.54) is 14.7 Å². The van der Waals surface area contributed by atoms with Crippen LogP contribution in [0.5, 0.6) is 0 Å². The molecule has 0 radical (unpaired) electrons. The molecule has 2 rings (SSSR count). The average molecular weight is 216 g/mol. The van der Waals surface area contributed by atoms with E-state index in [2.05, 4.69) is 45.2 Å². The third-order valence-corrected chi connectivity index (χ3v) is 3.16. The number of rotatable bonds is 0. The summed E-state index contributed by atoms with van der Waals surface area (Å²) in [4.78, 5) is 1.33. The first kappa shape index (κ1) is 6.43. The van der Waals surface area contributed by atoms with Crippen molar-refractivity contribution in [2.24, 2.45) is 7.05 Å². The number of hydrogen-bond acceptors (Lipinski definition) is 1. The van der Waals surface area contributed by atoms with E-state index >= 15 is 0 Å². The molecular weight excluding hydrogens is 210 g/mol. The molecule has 0 N–H and O–H groups in total. The molecule has 52 valence electrons. The molecule has 0 saturated heterocycles. The highest BCUT2D eigenvalue weighted by Gasteiger charge is 2.02. The van der Waals surface area contributed by atoms with Gasteiger partial charge in [-0.25, -0.2) is 0 Å². The van der Waals surface area contributed by atoms with Gasteiger partial charge in [-0.2, -0.15) is 0 Å². The van der Waals surface area contributed by atoms with Crippen LogP contribution in [0.4, 0.5) is 0 Å². The topological polar surface area (TPSA) is 4.93 Å². The molecule has 0 aliphatic carbocycles. The van der Waals surface area contributed by atoms with E-state index in [1.54, 1.807) is 11.3 Å². The average Bonchev–Trinajstić information content (AvgIpc) is 2.39. The number of halogens is 1. The Morgan fingerprint density at radius 2 is 2.40 bits per heavy atom. The highest BCUT2D eigenvalue weighted by molar-refractivity contribution is 9.10. The van der Waals surface area contributed by atoms with Gasteiger partial charge in [0.2, 0.25) is 0 Å². The van der Waals surface area contributed by atoms with Crippen molar-refractivity contribution in [1.82, 2.24) is 4.57 Å². The third kappa shape index (κ3) is 0.739. The number of fused-ring (bicyclic) bond motifs is 1. The molecule has 0 fully saturated rings. The van der Waals surface area contributed by atoms with Crippen LogP contribution in [-0.2, 0) is 7.05 Å². The van der Waals surface area contributed by atoms with E-state index in [-0.39, 0.29) is 0 Å². The summed E-state index contributed by atoms with van der Waals surface area (Å²) in [6, 6.07) is 2.13. The minimum absolute atomic E-state index is 1.19. The molecule has 0 aromatic carbocycles. The first-order valence-corrected chi connectivity index (χ1v) is 4.64. The van der Waals surface area contributed by atoms with Crippen LogP contribution in [0.15, 0.2) is 22.1 Å². The normalized spacial score (nSPS) is 11.0. The summed E-state index contributed by atoms with van der Waals surface area (Å²) >= 11 is 5.25. The van der Waals surface area contributed by atoms with Crippen molar-refractivity contribution in [3.05, 3.63) is 22.1 Å². The van der Waals surface area contributed by atoms with Gasteiger partial charge in [-0.1, -0.05) is 0 Å². The second-order valence-electron chi connectivity index (χ2n) is 2.23. The summed E-state index contributed by atoms with van der Waals surface area (Å²) in [7, 11) is 2.06. The second kappa shape index (κ2) is 2.10. The van der Waals surface area contributed by atoms with Gasteiger partial charge in [-0.3, -0.25) is 0 Å². The number of aryl methyl sites for hydroxylation is 1. The Morgan fingerprint density at radius 3 is 3.10 bits per heavy atom. The molecule has 2 aromatic rings. The molecule has 0 aliphatic heterocycles. The number of aromatic nitrogens is 1. The van der Waals surface area contributed by atoms with Gasteiger partial charge in [0.25, 0.3) is 0 Å². The lowest BCUT2D eigenvalue weighted by molar-refractivity contribution is 0.975. The summed E-state index contributed by atoms with van der Waals surface area (Å²) in [5.74, 6) is 0. The summed E-state index contributed by atoms with van der Waals surface area (Å²) in [5, 5.41) is 3.42. The number of nitrogens with zero attached hydrogens (tertiary/aromatic N) is 1. The van der Waals surface area contributed by atoms with Crippen molar-refractivity contribution in [2.45, 2.75) is 0 Å². The second-order valence-corrected chi connectivity index (χ2v) is 3.98. The summed E-state index contributed by atoms with van der Waals surface area (Å²) < 4.78 is 3.32. The van der Waals surface area contributed by atoms with Gasteiger partial charge in [-0.05, 0) is 27.4 Å². The fourth-order valence-electron chi connectivity index (χ4n) is 1.05. The largest absolute Gasteiger partial charge is 0.341 e. The molecule has 0 unspecified atom stereocenters. The quantitative estimate of drug-likeness (QED) is 0.637. The van der Waals surface area contributed by atoms with Gasteiger partial charge in [0.1, 0.15) is 4.83 Å². The molecule has 10 heavy (non-hydrogen) atoms. The Balaban J connectivity index is 2.98. The van der Waals surface area contributed by atoms with E-state index in [0.29, 0.717) is 0 Å². The minimum Gasteiger partial charge on any atom is -0.341 e. The first-order chi connectivity index (χ1) is 4.79. The fourth-order valence-corrected chi connectivity index (χ4v) is 2.67. The zero-order chi connectivity index (χ0) is 7.14. The van der Waals surface area contributed by atoms with Crippen molar-refractivity contribution >= 4 is 37.5 Å². The van der Waals surface area contributed by atoms with E-state index < -0.39 is 0 Å². The lowest BCUT2D eigenvalue weighted by Gasteiger charge is -1.85. The molecule has 0 amide bonds. The maximum absolute atomic E-state index is 3.48. The Labute approximate surface area is 71.4 Å². The Bertz CT molecular complexity index is 329. The van der Waals surface area contributed by atoms with Crippen LogP contribution < -0.4 is 0 Å². The van der Waals surface area contributed by atoms with Crippen molar-refractivity contribution in [3.63, 3.8) is 0 Å². The van der Waals surface area contributed by atoms with Crippen LogP contribution in [0, 0.1) is 0 Å². The van der Waals surface area contributed by atoms with Gasteiger partial charge >= 0.3 is 0 Å².